The van der Waals surface area contributed by atoms with Crippen LogP contribution in [0.4, 0.5) is 0 Å². The van der Waals surface area contributed by atoms with E-state index in [0.717, 1.165) is 51.3 Å². The molecule has 3 rings (SSSR count). The first-order chi connectivity index (χ1) is 9.76. The van der Waals surface area contributed by atoms with Crippen LogP contribution in [0.5, 0.6) is 0 Å². The molecule has 1 saturated heterocycles. The molecule has 2 aromatic heterocycles. The molecule has 1 aliphatic rings. The topological polar surface area (TPSA) is 53.7 Å². The van der Waals surface area contributed by atoms with Crippen molar-refractivity contribution in [1.82, 2.24) is 24.4 Å². The third-order valence-electron chi connectivity index (χ3n) is 3.81. The molecule has 106 valence electrons. The Kier molecular flexibility index (Phi) is 3.75. The minimum absolute atomic E-state index is 0.589. The van der Waals surface area contributed by atoms with Gasteiger partial charge in [0.15, 0.2) is 17.8 Å². The standard InChI is InChI=1S/C14H19N5O/c1-17-7-9-18(10-8-17)6-4-13-15-14-12(11-20)3-2-5-19(14)16-13/h2-3,5,11H,4,6-10H2,1H3. The van der Waals surface area contributed by atoms with Gasteiger partial charge in [0.1, 0.15) is 0 Å². The van der Waals surface area contributed by atoms with Gasteiger partial charge in [-0.15, -0.1) is 0 Å². The van der Waals surface area contributed by atoms with Crippen molar-refractivity contribution < 1.29 is 4.79 Å². The fourth-order valence-electron chi connectivity index (χ4n) is 2.50. The first-order valence-electron chi connectivity index (χ1n) is 6.96. The van der Waals surface area contributed by atoms with E-state index in [-0.39, 0.29) is 0 Å². The largest absolute Gasteiger partial charge is 0.304 e. The summed E-state index contributed by atoms with van der Waals surface area (Å²) in [5, 5.41) is 4.43. The van der Waals surface area contributed by atoms with Gasteiger partial charge in [-0.1, -0.05) is 0 Å². The summed E-state index contributed by atoms with van der Waals surface area (Å²) in [5.74, 6) is 0.804. The number of nitrogens with zero attached hydrogens (tertiary/aromatic N) is 5. The second kappa shape index (κ2) is 5.68. The summed E-state index contributed by atoms with van der Waals surface area (Å²) in [6.45, 7) is 5.41. The van der Waals surface area contributed by atoms with E-state index in [2.05, 4.69) is 26.9 Å². The van der Waals surface area contributed by atoms with Gasteiger partial charge in [0.05, 0.1) is 5.56 Å². The summed E-state index contributed by atoms with van der Waals surface area (Å²) in [5.41, 5.74) is 1.24. The van der Waals surface area contributed by atoms with E-state index in [9.17, 15) is 4.79 Å². The van der Waals surface area contributed by atoms with E-state index in [4.69, 9.17) is 0 Å². The second-order valence-corrected chi connectivity index (χ2v) is 5.27. The maximum absolute atomic E-state index is 11.0. The third-order valence-corrected chi connectivity index (χ3v) is 3.81. The van der Waals surface area contributed by atoms with Crippen molar-refractivity contribution >= 4 is 11.9 Å². The van der Waals surface area contributed by atoms with Crippen LogP contribution in [0.2, 0.25) is 0 Å². The molecule has 20 heavy (non-hydrogen) atoms. The lowest BCUT2D eigenvalue weighted by Crippen LogP contribution is -2.45. The van der Waals surface area contributed by atoms with Crippen molar-refractivity contribution in [2.45, 2.75) is 6.42 Å². The zero-order valence-electron chi connectivity index (χ0n) is 11.7. The van der Waals surface area contributed by atoms with Gasteiger partial charge < -0.3 is 9.80 Å². The first kappa shape index (κ1) is 13.2. The lowest BCUT2D eigenvalue weighted by atomic mass is 10.3. The molecule has 1 aliphatic heterocycles. The van der Waals surface area contributed by atoms with Crippen molar-refractivity contribution in [3.05, 3.63) is 29.7 Å². The maximum Gasteiger partial charge on any atom is 0.166 e. The molecule has 0 saturated carbocycles. The Morgan fingerprint density at radius 3 is 2.85 bits per heavy atom. The van der Waals surface area contributed by atoms with Crippen LogP contribution >= 0.6 is 0 Å². The molecule has 3 heterocycles. The average molecular weight is 273 g/mol. The summed E-state index contributed by atoms with van der Waals surface area (Å²) in [7, 11) is 2.15. The lowest BCUT2D eigenvalue weighted by Gasteiger charge is -2.31. The summed E-state index contributed by atoms with van der Waals surface area (Å²) < 4.78 is 1.68. The van der Waals surface area contributed by atoms with E-state index >= 15 is 0 Å². The Labute approximate surface area is 118 Å². The van der Waals surface area contributed by atoms with Crippen molar-refractivity contribution in [3.8, 4) is 0 Å². The number of pyridine rings is 1. The number of fused-ring (bicyclic) bond motifs is 1. The number of aldehydes is 1. The van der Waals surface area contributed by atoms with Crippen molar-refractivity contribution in [1.29, 1.82) is 0 Å². The Bertz CT molecular complexity index is 601. The van der Waals surface area contributed by atoms with Crippen molar-refractivity contribution in [3.63, 3.8) is 0 Å². The number of carbonyl (C=O) groups excluding carboxylic acids is 1. The summed E-state index contributed by atoms with van der Waals surface area (Å²) >= 11 is 0. The van der Waals surface area contributed by atoms with Crippen LogP contribution in [0.25, 0.3) is 5.65 Å². The smallest absolute Gasteiger partial charge is 0.166 e. The van der Waals surface area contributed by atoms with Gasteiger partial charge in [-0.2, -0.15) is 5.10 Å². The first-order valence-corrected chi connectivity index (χ1v) is 6.96. The molecule has 0 atom stereocenters. The van der Waals surface area contributed by atoms with Gasteiger partial charge in [-0.3, -0.25) is 4.79 Å². The molecular weight excluding hydrogens is 254 g/mol. The number of carbonyl (C=O) groups is 1. The third kappa shape index (κ3) is 2.71. The lowest BCUT2D eigenvalue weighted by molar-refractivity contribution is 0.112. The number of hydrogen-bond acceptors (Lipinski definition) is 5. The highest BCUT2D eigenvalue weighted by molar-refractivity contribution is 5.83. The minimum Gasteiger partial charge on any atom is -0.304 e. The van der Waals surface area contributed by atoms with E-state index in [1.165, 1.54) is 0 Å². The molecule has 0 aliphatic carbocycles. The molecule has 1 fully saturated rings. The van der Waals surface area contributed by atoms with Crippen LogP contribution in [0, 0.1) is 0 Å². The molecule has 0 bridgehead atoms. The predicted octanol–water partition coefficient (Wildman–Crippen LogP) is 0.332. The molecule has 0 radical (unpaired) electrons. The summed E-state index contributed by atoms with van der Waals surface area (Å²) in [6, 6.07) is 3.58. The number of piperazine rings is 1. The predicted molar refractivity (Wildman–Crippen MR) is 76.0 cm³/mol. The van der Waals surface area contributed by atoms with Gasteiger partial charge in [-0.05, 0) is 19.2 Å². The van der Waals surface area contributed by atoms with Crippen LogP contribution < -0.4 is 0 Å². The normalized spacial score (nSPS) is 17.6. The monoisotopic (exact) mass is 273 g/mol. The Hall–Kier alpha value is -1.79. The number of likely N-dealkylation sites (N-methyl/N-ethyl adjacent to an activating group) is 1. The van der Waals surface area contributed by atoms with E-state index in [1.807, 2.05) is 12.3 Å². The number of rotatable bonds is 4. The molecule has 6 heteroatoms. The maximum atomic E-state index is 11.0. The van der Waals surface area contributed by atoms with Crippen molar-refractivity contribution in [2.75, 3.05) is 39.8 Å². The van der Waals surface area contributed by atoms with Crippen LogP contribution in [-0.4, -0.2) is 70.5 Å². The van der Waals surface area contributed by atoms with Crippen LogP contribution in [0.15, 0.2) is 18.3 Å². The fraction of sp³-hybridized carbons (Fsp3) is 0.500. The van der Waals surface area contributed by atoms with E-state index in [1.54, 1.807) is 10.6 Å². The molecule has 0 amide bonds. The number of aromatic nitrogens is 3. The quantitative estimate of drug-likeness (QED) is 0.752. The van der Waals surface area contributed by atoms with Gasteiger partial charge in [0, 0.05) is 45.3 Å². The summed E-state index contributed by atoms with van der Waals surface area (Å²) in [4.78, 5) is 20.2. The Morgan fingerprint density at radius 1 is 1.30 bits per heavy atom. The highest BCUT2D eigenvalue weighted by Gasteiger charge is 2.14. The molecule has 2 aromatic rings. The Morgan fingerprint density at radius 2 is 2.10 bits per heavy atom. The highest BCUT2D eigenvalue weighted by Crippen LogP contribution is 2.08. The Balaban J connectivity index is 1.67. The van der Waals surface area contributed by atoms with Crippen LogP contribution in [-0.2, 0) is 6.42 Å². The van der Waals surface area contributed by atoms with E-state index < -0.39 is 0 Å². The molecule has 0 spiro atoms. The second-order valence-electron chi connectivity index (χ2n) is 5.27. The highest BCUT2D eigenvalue weighted by atomic mass is 16.1. The molecular formula is C14H19N5O. The minimum atomic E-state index is 0.589. The van der Waals surface area contributed by atoms with Gasteiger partial charge in [0.2, 0.25) is 0 Å². The molecule has 0 N–H and O–H groups in total. The number of hydrogen-bond donors (Lipinski definition) is 0. The van der Waals surface area contributed by atoms with Gasteiger partial charge in [0.25, 0.3) is 0 Å². The average Bonchev–Trinajstić information content (AvgIpc) is 2.89. The van der Waals surface area contributed by atoms with Crippen LogP contribution in [0.1, 0.15) is 16.2 Å². The molecule has 0 aromatic carbocycles. The molecule has 0 unspecified atom stereocenters. The fourth-order valence-corrected chi connectivity index (χ4v) is 2.50. The van der Waals surface area contributed by atoms with Gasteiger partial charge in [-0.25, -0.2) is 9.50 Å². The SMILES string of the molecule is CN1CCN(CCc2nc3c(C=O)cccn3n2)CC1. The zero-order valence-corrected chi connectivity index (χ0v) is 11.7. The zero-order chi connectivity index (χ0) is 13.9. The van der Waals surface area contributed by atoms with Gasteiger partial charge >= 0.3 is 0 Å². The van der Waals surface area contributed by atoms with E-state index in [0.29, 0.717) is 11.2 Å². The van der Waals surface area contributed by atoms with Crippen molar-refractivity contribution in [2.24, 2.45) is 0 Å². The molecule has 6 nitrogen and oxygen atoms in total. The van der Waals surface area contributed by atoms with Crippen LogP contribution in [0.3, 0.4) is 0 Å². The summed E-state index contributed by atoms with van der Waals surface area (Å²) in [6.07, 6.45) is 3.48.